The maximum atomic E-state index is 12.7. The van der Waals surface area contributed by atoms with Crippen LogP contribution in [0.2, 0.25) is 0 Å². The van der Waals surface area contributed by atoms with Crippen LogP contribution in [-0.4, -0.2) is 8.42 Å². The Morgan fingerprint density at radius 3 is 2.00 bits per heavy atom. The van der Waals surface area contributed by atoms with E-state index in [0.29, 0.717) is 11.3 Å². The van der Waals surface area contributed by atoms with E-state index in [1.54, 1.807) is 12.1 Å². The Bertz CT molecular complexity index is 722. The highest BCUT2D eigenvalue weighted by Gasteiger charge is 2.17. The molecule has 0 saturated carbocycles. The van der Waals surface area contributed by atoms with Gasteiger partial charge in [0.1, 0.15) is 0 Å². The third-order valence-electron chi connectivity index (χ3n) is 4.36. The molecule has 0 bridgehead atoms. The number of allylic oxidation sites excluding steroid dienone is 3. The molecule has 1 N–H and O–H groups in total. The van der Waals surface area contributed by atoms with Crippen LogP contribution >= 0.6 is 0 Å². The Morgan fingerprint density at radius 1 is 0.960 bits per heavy atom. The molecule has 0 unspecified atom stereocenters. The van der Waals surface area contributed by atoms with Crippen molar-refractivity contribution in [1.82, 2.24) is 4.72 Å². The molecule has 0 saturated heterocycles. The van der Waals surface area contributed by atoms with Crippen molar-refractivity contribution in [1.29, 1.82) is 0 Å². The fraction of sp³-hybridized carbons (Fsp3) is 0.524. The highest BCUT2D eigenvalue weighted by Crippen LogP contribution is 2.24. The van der Waals surface area contributed by atoms with Crippen molar-refractivity contribution in [3.63, 3.8) is 0 Å². The van der Waals surface area contributed by atoms with Crippen LogP contribution < -0.4 is 4.72 Å². The first kappa shape index (κ1) is 21.5. The van der Waals surface area contributed by atoms with Gasteiger partial charge in [0.05, 0.1) is 4.90 Å². The van der Waals surface area contributed by atoms with Gasteiger partial charge in [0, 0.05) is 12.1 Å². The molecular weight excluding hydrogens is 330 g/mol. The number of rotatable bonds is 9. The van der Waals surface area contributed by atoms with Crippen molar-refractivity contribution in [3.05, 3.63) is 52.2 Å². The number of sulfonamides is 1. The molecule has 0 fully saturated rings. The molecule has 0 radical (unpaired) electrons. The van der Waals surface area contributed by atoms with Gasteiger partial charge in [-0.1, -0.05) is 61.1 Å². The standard InChI is InChI=1S/C21H33NO2S/c1-7-9-18(6)19(10-8-2)15-21(16(3)4)22-25(23,24)20-13-11-17(5)12-14-20/h11-14,22H,7-10,15H2,1-6H3/b19-18+. The second kappa shape index (κ2) is 9.81. The predicted octanol–water partition coefficient (Wildman–Crippen LogP) is 5.87. The largest absolute Gasteiger partial charge is 0.283 e. The van der Waals surface area contributed by atoms with Crippen molar-refractivity contribution in [2.75, 3.05) is 0 Å². The van der Waals surface area contributed by atoms with Crippen LogP contribution in [0.15, 0.2) is 51.6 Å². The first-order valence-electron chi connectivity index (χ1n) is 9.14. The second-order valence-electron chi connectivity index (χ2n) is 6.96. The van der Waals surface area contributed by atoms with Crippen LogP contribution in [0.5, 0.6) is 0 Å². The van der Waals surface area contributed by atoms with Gasteiger partial charge in [-0.3, -0.25) is 4.72 Å². The van der Waals surface area contributed by atoms with Gasteiger partial charge in [-0.25, -0.2) is 8.42 Å². The van der Waals surface area contributed by atoms with Crippen molar-refractivity contribution >= 4 is 10.0 Å². The summed E-state index contributed by atoms with van der Waals surface area (Å²) in [5.74, 6) is 0. The minimum Gasteiger partial charge on any atom is -0.283 e. The lowest BCUT2D eigenvalue weighted by Crippen LogP contribution is -2.24. The molecule has 0 amide bonds. The molecule has 1 rings (SSSR count). The van der Waals surface area contributed by atoms with Gasteiger partial charge in [0.25, 0.3) is 10.0 Å². The van der Waals surface area contributed by atoms with Gasteiger partial charge in [-0.15, -0.1) is 0 Å². The number of benzene rings is 1. The average Bonchev–Trinajstić information content (AvgIpc) is 2.54. The van der Waals surface area contributed by atoms with E-state index in [-0.39, 0.29) is 0 Å². The summed E-state index contributed by atoms with van der Waals surface area (Å²) < 4.78 is 28.3. The normalized spacial score (nSPS) is 12.6. The zero-order valence-corrected chi connectivity index (χ0v) is 17.4. The van der Waals surface area contributed by atoms with Crippen molar-refractivity contribution in [3.8, 4) is 0 Å². The number of nitrogens with one attached hydrogen (secondary N) is 1. The van der Waals surface area contributed by atoms with Gasteiger partial charge in [-0.2, -0.15) is 0 Å². The predicted molar refractivity (Wildman–Crippen MR) is 107 cm³/mol. The highest BCUT2D eigenvalue weighted by atomic mass is 32.2. The quantitative estimate of drug-likeness (QED) is 0.557. The summed E-state index contributed by atoms with van der Waals surface area (Å²) in [7, 11) is -3.55. The summed E-state index contributed by atoms with van der Waals surface area (Å²) >= 11 is 0. The Kier molecular flexibility index (Phi) is 8.43. The van der Waals surface area contributed by atoms with Crippen LogP contribution in [0, 0.1) is 6.92 Å². The molecule has 140 valence electrons. The Labute approximate surface area is 154 Å². The van der Waals surface area contributed by atoms with Crippen molar-refractivity contribution in [2.45, 2.75) is 78.5 Å². The smallest absolute Gasteiger partial charge is 0.261 e. The Morgan fingerprint density at radius 2 is 1.52 bits per heavy atom. The Hall–Kier alpha value is -1.55. The Balaban J connectivity index is 3.10. The number of aryl methyl sites for hydroxylation is 1. The van der Waals surface area contributed by atoms with Gasteiger partial charge >= 0.3 is 0 Å². The minimum absolute atomic E-state index is 0.308. The molecule has 4 heteroatoms. The van der Waals surface area contributed by atoms with Crippen LogP contribution in [0.1, 0.15) is 72.3 Å². The van der Waals surface area contributed by atoms with Gasteiger partial charge < -0.3 is 0 Å². The molecule has 0 aliphatic carbocycles. The van der Waals surface area contributed by atoms with E-state index in [1.807, 2.05) is 32.9 Å². The molecule has 3 nitrogen and oxygen atoms in total. The summed E-state index contributed by atoms with van der Waals surface area (Å²) in [4.78, 5) is 0.308. The minimum atomic E-state index is -3.55. The summed E-state index contributed by atoms with van der Waals surface area (Å²) in [6.45, 7) is 12.4. The van der Waals surface area contributed by atoms with E-state index >= 15 is 0 Å². The molecule has 0 atom stereocenters. The van der Waals surface area contributed by atoms with Gasteiger partial charge in [-0.05, 0) is 52.7 Å². The highest BCUT2D eigenvalue weighted by molar-refractivity contribution is 7.89. The maximum absolute atomic E-state index is 12.7. The molecule has 0 aliphatic rings. The third kappa shape index (κ3) is 6.69. The van der Waals surface area contributed by atoms with Gasteiger partial charge in [0.2, 0.25) is 0 Å². The zero-order valence-electron chi connectivity index (χ0n) is 16.6. The first-order chi connectivity index (χ1) is 11.7. The lowest BCUT2D eigenvalue weighted by atomic mass is 9.96. The lowest BCUT2D eigenvalue weighted by Gasteiger charge is -2.18. The lowest BCUT2D eigenvalue weighted by molar-refractivity contribution is 0.587. The molecule has 0 spiro atoms. The van der Waals surface area contributed by atoms with Crippen LogP contribution in [0.4, 0.5) is 0 Å². The van der Waals surface area contributed by atoms with E-state index in [1.165, 1.54) is 11.1 Å². The summed E-state index contributed by atoms with van der Waals surface area (Å²) in [6.07, 6.45) is 4.92. The average molecular weight is 364 g/mol. The van der Waals surface area contributed by atoms with Crippen LogP contribution in [0.3, 0.4) is 0 Å². The van der Waals surface area contributed by atoms with Crippen LogP contribution in [0.25, 0.3) is 0 Å². The molecule has 0 heterocycles. The number of hydrogen-bond acceptors (Lipinski definition) is 2. The molecular formula is C21H33NO2S. The van der Waals surface area contributed by atoms with E-state index in [2.05, 4.69) is 25.5 Å². The maximum Gasteiger partial charge on any atom is 0.261 e. The first-order valence-corrected chi connectivity index (χ1v) is 10.6. The van der Waals surface area contributed by atoms with E-state index in [4.69, 9.17) is 0 Å². The summed E-state index contributed by atoms with van der Waals surface area (Å²) in [6, 6.07) is 6.96. The molecule has 1 aromatic carbocycles. The molecule has 0 aromatic heterocycles. The second-order valence-corrected chi connectivity index (χ2v) is 8.64. The number of hydrogen-bond donors (Lipinski definition) is 1. The fourth-order valence-electron chi connectivity index (χ4n) is 2.77. The van der Waals surface area contributed by atoms with Gasteiger partial charge in [0.15, 0.2) is 0 Å². The van der Waals surface area contributed by atoms with E-state index < -0.39 is 10.0 Å². The monoisotopic (exact) mass is 363 g/mol. The fourth-order valence-corrected chi connectivity index (χ4v) is 3.99. The van der Waals surface area contributed by atoms with E-state index in [9.17, 15) is 8.42 Å². The third-order valence-corrected chi connectivity index (χ3v) is 5.77. The van der Waals surface area contributed by atoms with Crippen molar-refractivity contribution in [2.24, 2.45) is 0 Å². The van der Waals surface area contributed by atoms with Crippen molar-refractivity contribution < 1.29 is 8.42 Å². The zero-order chi connectivity index (χ0) is 19.0. The summed E-state index contributed by atoms with van der Waals surface area (Å²) in [5, 5.41) is 0. The molecule has 0 aliphatic heterocycles. The SMILES string of the molecule is CCC/C(C)=C(\CCC)CC(NS(=O)(=O)c1ccc(C)cc1)=C(C)C. The molecule has 1 aromatic rings. The topological polar surface area (TPSA) is 46.2 Å². The molecule has 25 heavy (non-hydrogen) atoms. The van der Waals surface area contributed by atoms with E-state index in [0.717, 1.165) is 42.5 Å². The van der Waals surface area contributed by atoms with Crippen LogP contribution in [-0.2, 0) is 10.0 Å². The summed E-state index contributed by atoms with van der Waals surface area (Å²) in [5.41, 5.74) is 5.59.